The molecular weight excluding hydrogens is 731 g/mol. The molecule has 0 saturated carbocycles. The van der Waals surface area contributed by atoms with Crippen LogP contribution in [0.2, 0.25) is 0 Å². The predicted molar refractivity (Wildman–Crippen MR) is 247 cm³/mol. The van der Waals surface area contributed by atoms with E-state index in [2.05, 4.69) is 178 Å². The van der Waals surface area contributed by atoms with Crippen LogP contribution in [0.5, 0.6) is 0 Å². The summed E-state index contributed by atoms with van der Waals surface area (Å²) >= 11 is 0. The highest BCUT2D eigenvalue weighted by molar-refractivity contribution is 6.09. The summed E-state index contributed by atoms with van der Waals surface area (Å²) in [6, 6.07) is 67.4. The minimum absolute atomic E-state index is 0.0838. The maximum atomic E-state index is 5.32. The normalized spacial score (nSPS) is 11.6. The number of pyridine rings is 2. The van der Waals surface area contributed by atoms with Gasteiger partial charge in [0.25, 0.3) is 0 Å². The molecule has 7 aromatic carbocycles. The molecule has 5 nitrogen and oxygen atoms in total. The Morgan fingerprint density at radius 3 is 1.22 bits per heavy atom. The second-order valence-corrected chi connectivity index (χ2v) is 16.2. The topological polar surface area (TPSA) is 64.5 Å². The van der Waals surface area contributed by atoms with Gasteiger partial charge in [-0.2, -0.15) is 0 Å². The lowest BCUT2D eigenvalue weighted by Gasteiger charge is -2.19. The van der Waals surface area contributed by atoms with Crippen molar-refractivity contribution < 1.29 is 0 Å². The molecule has 0 spiro atoms. The first-order valence-electron chi connectivity index (χ1n) is 20.3. The number of aromatic nitrogens is 5. The average molecular weight is 772 g/mol. The minimum Gasteiger partial charge on any atom is -0.250 e. The minimum atomic E-state index is -0.0838. The largest absolute Gasteiger partial charge is 0.250 e. The quantitative estimate of drug-likeness (QED) is 0.151. The zero-order valence-electron chi connectivity index (χ0n) is 33.7. The summed E-state index contributed by atoms with van der Waals surface area (Å²) in [6.45, 7) is 6.61. The molecule has 0 radical (unpaired) electrons. The van der Waals surface area contributed by atoms with Gasteiger partial charge in [-0.05, 0) is 45.5 Å². The fourth-order valence-corrected chi connectivity index (χ4v) is 7.73. The van der Waals surface area contributed by atoms with Gasteiger partial charge in [0.1, 0.15) is 0 Å². The van der Waals surface area contributed by atoms with E-state index < -0.39 is 0 Å². The van der Waals surface area contributed by atoms with Crippen molar-refractivity contribution in [3.8, 4) is 78.8 Å². The molecule has 0 fully saturated rings. The van der Waals surface area contributed by atoms with Gasteiger partial charge in [-0.25, -0.2) is 24.9 Å². The fourth-order valence-electron chi connectivity index (χ4n) is 7.73. The molecule has 0 aliphatic heterocycles. The van der Waals surface area contributed by atoms with Gasteiger partial charge in [-0.1, -0.05) is 203 Å². The Kier molecular flexibility index (Phi) is 9.34. The molecule has 0 amide bonds. The van der Waals surface area contributed by atoms with Crippen molar-refractivity contribution in [1.29, 1.82) is 0 Å². The van der Waals surface area contributed by atoms with Crippen LogP contribution in [0.4, 0.5) is 0 Å². The SMILES string of the molecule is CC(C)(C)c1ccc2ccc3c(-c4ccccc4)cc(-c4ccc(-c5ccc(-c6nc(-c7ccccc7)nc(-c7ccc(-c8ccccc8)cc7)n6)cc5)cc4)nc3c2n1. The van der Waals surface area contributed by atoms with Gasteiger partial charge in [-0.15, -0.1) is 0 Å². The van der Waals surface area contributed by atoms with Gasteiger partial charge >= 0.3 is 0 Å². The number of hydrogen-bond donors (Lipinski definition) is 0. The molecule has 286 valence electrons. The van der Waals surface area contributed by atoms with E-state index in [9.17, 15) is 0 Å². The lowest BCUT2D eigenvalue weighted by molar-refractivity contribution is 0.571. The fraction of sp³-hybridized carbons (Fsp3) is 0.0727. The summed E-state index contributed by atoms with van der Waals surface area (Å²) < 4.78 is 0. The molecule has 3 heterocycles. The van der Waals surface area contributed by atoms with Crippen LogP contribution in [0.15, 0.2) is 194 Å². The van der Waals surface area contributed by atoms with Crippen LogP contribution in [-0.4, -0.2) is 24.9 Å². The second-order valence-electron chi connectivity index (χ2n) is 16.2. The van der Waals surface area contributed by atoms with Crippen molar-refractivity contribution in [2.45, 2.75) is 26.2 Å². The zero-order valence-corrected chi connectivity index (χ0v) is 33.7. The smallest absolute Gasteiger partial charge is 0.164 e. The van der Waals surface area contributed by atoms with E-state index in [0.717, 1.165) is 83.3 Å². The summed E-state index contributed by atoms with van der Waals surface area (Å²) in [6.07, 6.45) is 0. The standard InChI is InChI=1S/C55H41N5/c1-55(2,3)49-34-32-42-31-33-46-47(40-15-9-5-10-16-40)35-48(56-51(46)50(42)57-49)41-25-19-38(20-26-41)39-23-29-45(30-24-39)54-59-52(43-17-11-6-12-18-43)58-53(60-54)44-27-21-37(22-28-44)36-13-7-4-8-14-36/h4-35H,1-3H3. The van der Waals surface area contributed by atoms with Crippen molar-refractivity contribution >= 4 is 21.8 Å². The Bertz CT molecular complexity index is 3120. The zero-order chi connectivity index (χ0) is 40.6. The van der Waals surface area contributed by atoms with Gasteiger partial charge in [0.05, 0.1) is 16.7 Å². The molecule has 10 aromatic rings. The van der Waals surface area contributed by atoms with Crippen molar-refractivity contribution in [3.63, 3.8) is 0 Å². The van der Waals surface area contributed by atoms with Gasteiger partial charge < -0.3 is 0 Å². The molecule has 0 N–H and O–H groups in total. The maximum Gasteiger partial charge on any atom is 0.164 e. The summed E-state index contributed by atoms with van der Waals surface area (Å²) in [5.41, 5.74) is 14.4. The number of benzene rings is 7. The molecule has 0 bridgehead atoms. The van der Waals surface area contributed by atoms with Crippen molar-refractivity contribution in [3.05, 3.63) is 200 Å². The lowest BCUT2D eigenvalue weighted by atomic mass is 9.91. The van der Waals surface area contributed by atoms with Crippen LogP contribution < -0.4 is 0 Å². The van der Waals surface area contributed by atoms with Gasteiger partial charge in [0.2, 0.25) is 0 Å². The van der Waals surface area contributed by atoms with Crippen molar-refractivity contribution in [1.82, 2.24) is 24.9 Å². The highest BCUT2D eigenvalue weighted by Gasteiger charge is 2.19. The predicted octanol–water partition coefficient (Wildman–Crippen LogP) is 13.9. The van der Waals surface area contributed by atoms with Gasteiger partial charge in [0.15, 0.2) is 17.5 Å². The number of fused-ring (bicyclic) bond motifs is 3. The Balaban J connectivity index is 0.992. The van der Waals surface area contributed by atoms with Crippen molar-refractivity contribution in [2.24, 2.45) is 0 Å². The third-order valence-corrected chi connectivity index (χ3v) is 11.1. The number of rotatable bonds is 7. The first-order valence-corrected chi connectivity index (χ1v) is 20.3. The molecular formula is C55H41N5. The summed E-state index contributed by atoms with van der Waals surface area (Å²) in [4.78, 5) is 25.4. The number of hydrogen-bond acceptors (Lipinski definition) is 5. The second kappa shape index (κ2) is 15.3. The third-order valence-electron chi connectivity index (χ3n) is 11.1. The van der Waals surface area contributed by atoms with E-state index in [1.807, 2.05) is 36.4 Å². The molecule has 0 atom stereocenters. The first-order chi connectivity index (χ1) is 29.3. The van der Waals surface area contributed by atoms with Crippen LogP contribution in [0.1, 0.15) is 26.5 Å². The van der Waals surface area contributed by atoms with E-state index >= 15 is 0 Å². The highest BCUT2D eigenvalue weighted by atomic mass is 15.0. The van der Waals surface area contributed by atoms with Crippen LogP contribution in [0.3, 0.4) is 0 Å². The Hall–Kier alpha value is -7.63. The molecule has 0 unspecified atom stereocenters. The Labute approximate surface area is 350 Å². The van der Waals surface area contributed by atoms with Crippen LogP contribution in [-0.2, 0) is 5.41 Å². The van der Waals surface area contributed by atoms with Crippen molar-refractivity contribution in [2.75, 3.05) is 0 Å². The summed E-state index contributed by atoms with van der Waals surface area (Å²) in [5, 5.41) is 2.18. The molecule has 0 aliphatic rings. The van der Waals surface area contributed by atoms with Crippen LogP contribution in [0, 0.1) is 0 Å². The molecule has 0 saturated heterocycles. The van der Waals surface area contributed by atoms with Gasteiger partial charge in [-0.3, -0.25) is 0 Å². The van der Waals surface area contributed by atoms with Crippen LogP contribution >= 0.6 is 0 Å². The van der Waals surface area contributed by atoms with E-state index in [0.29, 0.717) is 17.5 Å². The van der Waals surface area contributed by atoms with Crippen LogP contribution in [0.25, 0.3) is 101 Å². The van der Waals surface area contributed by atoms with E-state index in [1.165, 1.54) is 5.56 Å². The lowest BCUT2D eigenvalue weighted by Crippen LogP contribution is -2.13. The third kappa shape index (κ3) is 7.22. The Morgan fingerprint density at radius 1 is 0.317 bits per heavy atom. The summed E-state index contributed by atoms with van der Waals surface area (Å²) in [5.74, 6) is 1.90. The van der Waals surface area contributed by atoms with E-state index in [-0.39, 0.29) is 5.41 Å². The molecule has 10 rings (SSSR count). The molecule has 0 aliphatic carbocycles. The number of nitrogens with zero attached hydrogens (tertiary/aromatic N) is 5. The molecule has 5 heteroatoms. The van der Waals surface area contributed by atoms with E-state index in [1.54, 1.807) is 0 Å². The monoisotopic (exact) mass is 771 g/mol. The maximum absolute atomic E-state index is 5.32. The highest BCUT2D eigenvalue weighted by Crippen LogP contribution is 2.37. The van der Waals surface area contributed by atoms with E-state index in [4.69, 9.17) is 24.9 Å². The summed E-state index contributed by atoms with van der Waals surface area (Å²) in [7, 11) is 0. The van der Waals surface area contributed by atoms with Gasteiger partial charge in [0, 0.05) is 44.1 Å². The molecule has 60 heavy (non-hydrogen) atoms. The molecule has 3 aromatic heterocycles. The first kappa shape index (κ1) is 36.7. The Morgan fingerprint density at radius 2 is 0.717 bits per heavy atom. The average Bonchev–Trinajstić information content (AvgIpc) is 3.31.